The molecule has 2 aromatic rings. The van der Waals surface area contributed by atoms with Gasteiger partial charge in [0, 0.05) is 9.04 Å². The van der Waals surface area contributed by atoms with Crippen molar-refractivity contribution in [1.82, 2.24) is 0 Å². The molecule has 0 nitrogen and oxygen atoms in total. The largest absolute Gasteiger partial charge is 0.0622 e. The minimum atomic E-state index is 0.194. The van der Waals surface area contributed by atoms with Crippen molar-refractivity contribution in [3.05, 3.63) is 71.8 Å². The summed E-state index contributed by atoms with van der Waals surface area (Å²) in [6.07, 6.45) is 1.27. The standard InChI is InChI=1S/C14H20Si3/c15-17-16-14(13-9-5-2-6-10-13)11-12-7-3-1-4-8-12/h1-10,14H,11,16-17H2,15H3. The zero-order chi connectivity index (χ0) is 11.9. The van der Waals surface area contributed by atoms with Gasteiger partial charge in [0.05, 0.1) is 0 Å². The van der Waals surface area contributed by atoms with Gasteiger partial charge in [0.1, 0.15) is 0 Å². The van der Waals surface area contributed by atoms with Crippen molar-refractivity contribution in [2.45, 2.75) is 12.0 Å². The number of hydrogen-bond donors (Lipinski definition) is 0. The van der Waals surface area contributed by atoms with Crippen LogP contribution in [0.1, 0.15) is 16.7 Å². The minimum Gasteiger partial charge on any atom is -0.0622 e. The van der Waals surface area contributed by atoms with Gasteiger partial charge in [-0.05, 0) is 41.4 Å². The molecule has 0 fully saturated rings. The van der Waals surface area contributed by atoms with Gasteiger partial charge in [0.2, 0.25) is 0 Å². The Balaban J connectivity index is 2.13. The van der Waals surface area contributed by atoms with Crippen molar-refractivity contribution in [3.63, 3.8) is 0 Å². The topological polar surface area (TPSA) is 0 Å². The van der Waals surface area contributed by atoms with Crippen LogP contribution in [0.3, 0.4) is 0 Å². The van der Waals surface area contributed by atoms with Crippen LogP contribution in [0.25, 0.3) is 0 Å². The fourth-order valence-electron chi connectivity index (χ4n) is 2.36. The Kier molecular flexibility index (Phi) is 4.97. The Morgan fingerprint density at radius 1 is 0.882 bits per heavy atom. The van der Waals surface area contributed by atoms with Crippen molar-refractivity contribution in [3.8, 4) is 0 Å². The number of benzene rings is 2. The smallest absolute Gasteiger partial charge is 0.0143 e. The third kappa shape index (κ3) is 3.80. The molecular weight excluding hydrogens is 252 g/mol. The molecule has 0 aromatic heterocycles. The maximum Gasteiger partial charge on any atom is 0.0143 e. The predicted molar refractivity (Wildman–Crippen MR) is 86.4 cm³/mol. The van der Waals surface area contributed by atoms with E-state index >= 15 is 0 Å². The van der Waals surface area contributed by atoms with Crippen LogP contribution in [0.4, 0.5) is 0 Å². The molecule has 0 heterocycles. The van der Waals surface area contributed by atoms with Gasteiger partial charge >= 0.3 is 0 Å². The van der Waals surface area contributed by atoms with E-state index in [1.807, 2.05) is 0 Å². The second-order valence-corrected chi connectivity index (χ2v) is 20.9. The van der Waals surface area contributed by atoms with Gasteiger partial charge in [-0.1, -0.05) is 60.7 Å². The van der Waals surface area contributed by atoms with Gasteiger partial charge in [-0.2, -0.15) is 0 Å². The Labute approximate surface area is 111 Å². The van der Waals surface area contributed by atoms with E-state index in [1.165, 1.54) is 21.7 Å². The molecule has 0 spiro atoms. The first-order valence-corrected chi connectivity index (χ1v) is 17.0. The van der Waals surface area contributed by atoms with Gasteiger partial charge in [-0.3, -0.25) is 0 Å². The van der Waals surface area contributed by atoms with Crippen LogP contribution in [0.15, 0.2) is 60.7 Å². The Morgan fingerprint density at radius 2 is 1.47 bits per heavy atom. The first kappa shape index (κ1) is 12.5. The molecule has 0 amide bonds. The lowest BCUT2D eigenvalue weighted by molar-refractivity contribution is 0.915. The van der Waals surface area contributed by atoms with Gasteiger partial charge in [0.15, 0.2) is 0 Å². The monoisotopic (exact) mass is 272 g/mol. The van der Waals surface area contributed by atoms with Crippen LogP contribution in [0, 0.1) is 0 Å². The van der Waals surface area contributed by atoms with Gasteiger partial charge in [-0.15, -0.1) is 0 Å². The molecule has 88 valence electrons. The molecule has 0 radical (unpaired) electrons. The second-order valence-electron chi connectivity index (χ2n) is 4.59. The summed E-state index contributed by atoms with van der Waals surface area (Å²) in [5.74, 6) is 0. The SMILES string of the molecule is [SiH3][SiH2][SiH2]C(Cc1ccccc1)c1ccccc1. The van der Waals surface area contributed by atoms with E-state index in [0.717, 1.165) is 5.54 Å². The lowest BCUT2D eigenvalue weighted by Gasteiger charge is -2.16. The zero-order valence-corrected chi connectivity index (χ0v) is 15.3. The van der Waals surface area contributed by atoms with Crippen LogP contribution in [0.2, 0.25) is 0 Å². The highest BCUT2D eigenvalue weighted by molar-refractivity contribution is 7.24. The first-order chi connectivity index (χ1) is 8.40. The molecule has 0 saturated heterocycles. The van der Waals surface area contributed by atoms with Crippen LogP contribution in [-0.2, 0) is 6.42 Å². The molecular formula is C14H20Si3. The van der Waals surface area contributed by atoms with Gasteiger partial charge in [0.25, 0.3) is 0 Å². The summed E-state index contributed by atoms with van der Waals surface area (Å²) in [5.41, 5.74) is 3.99. The molecule has 2 aromatic carbocycles. The van der Waals surface area contributed by atoms with Crippen LogP contribution in [-0.4, -0.2) is 27.4 Å². The molecule has 1 atom stereocenters. The molecule has 0 aliphatic rings. The van der Waals surface area contributed by atoms with Crippen molar-refractivity contribution >= 4 is 27.4 Å². The third-order valence-corrected chi connectivity index (χ3v) is 14.3. The number of rotatable bonds is 5. The summed E-state index contributed by atoms with van der Waals surface area (Å²) < 4.78 is 0. The summed E-state index contributed by atoms with van der Waals surface area (Å²) in [6, 6.07) is 22.2. The molecule has 0 aliphatic carbocycles. The predicted octanol–water partition coefficient (Wildman–Crippen LogP) is 0.503. The molecule has 2 rings (SSSR count). The van der Waals surface area contributed by atoms with E-state index in [4.69, 9.17) is 0 Å². The van der Waals surface area contributed by atoms with E-state index < -0.39 is 0 Å². The van der Waals surface area contributed by atoms with Gasteiger partial charge < -0.3 is 0 Å². The number of hydrogen-bond acceptors (Lipinski definition) is 0. The summed E-state index contributed by atoms with van der Waals surface area (Å²) in [5, 5.41) is 0. The maximum atomic E-state index is 2.33. The fourth-order valence-corrected chi connectivity index (χ4v) is 14.2. The zero-order valence-electron chi connectivity index (χ0n) is 10.5. The Bertz CT molecular complexity index is 428. The van der Waals surface area contributed by atoms with Crippen molar-refractivity contribution in [2.24, 2.45) is 0 Å². The molecule has 0 bridgehead atoms. The maximum absolute atomic E-state index is 2.33. The van der Waals surface area contributed by atoms with E-state index in [0.29, 0.717) is 8.55 Å². The first-order valence-electron chi connectivity index (χ1n) is 6.49. The average molecular weight is 273 g/mol. The molecule has 17 heavy (non-hydrogen) atoms. The fraction of sp³-hybridized carbons (Fsp3) is 0.143. The second kappa shape index (κ2) is 6.74. The lowest BCUT2D eigenvalue weighted by atomic mass is 10.0. The molecule has 0 aliphatic heterocycles. The summed E-state index contributed by atoms with van der Waals surface area (Å²) in [6.45, 7) is 0. The van der Waals surface area contributed by atoms with E-state index in [-0.39, 0.29) is 9.04 Å². The van der Waals surface area contributed by atoms with Gasteiger partial charge in [-0.25, -0.2) is 0 Å². The molecule has 0 N–H and O–H groups in total. The summed E-state index contributed by atoms with van der Waals surface area (Å²) in [4.78, 5) is 0. The third-order valence-electron chi connectivity index (χ3n) is 3.23. The van der Waals surface area contributed by atoms with Crippen LogP contribution in [0.5, 0.6) is 0 Å². The molecule has 0 saturated carbocycles. The van der Waals surface area contributed by atoms with Crippen LogP contribution >= 0.6 is 0 Å². The molecule has 3 heteroatoms. The molecule has 1 unspecified atom stereocenters. The summed E-state index contributed by atoms with van der Waals surface area (Å²) in [7, 11) is 2.08. The Hall–Kier alpha value is -0.909. The Morgan fingerprint density at radius 3 is 2.06 bits per heavy atom. The van der Waals surface area contributed by atoms with Crippen LogP contribution < -0.4 is 0 Å². The minimum absolute atomic E-state index is 0.194. The summed E-state index contributed by atoms with van der Waals surface area (Å²) >= 11 is 0. The quantitative estimate of drug-likeness (QED) is 0.696. The average Bonchev–Trinajstić information content (AvgIpc) is 2.40. The normalized spacial score (nSPS) is 13.9. The van der Waals surface area contributed by atoms with Crippen molar-refractivity contribution in [1.29, 1.82) is 0 Å². The van der Waals surface area contributed by atoms with E-state index in [1.54, 1.807) is 5.56 Å². The highest BCUT2D eigenvalue weighted by Gasteiger charge is 2.11. The van der Waals surface area contributed by atoms with Crippen molar-refractivity contribution < 1.29 is 0 Å². The highest BCUT2D eigenvalue weighted by atomic mass is 29.5. The van der Waals surface area contributed by atoms with Crippen molar-refractivity contribution in [2.75, 3.05) is 0 Å². The highest BCUT2D eigenvalue weighted by Crippen LogP contribution is 2.19. The lowest BCUT2D eigenvalue weighted by Crippen LogP contribution is -2.17. The van der Waals surface area contributed by atoms with E-state index in [9.17, 15) is 0 Å². The van der Waals surface area contributed by atoms with E-state index in [2.05, 4.69) is 60.7 Å².